The van der Waals surface area contributed by atoms with Crippen molar-refractivity contribution in [2.75, 3.05) is 17.7 Å². The zero-order valence-corrected chi connectivity index (χ0v) is 22.7. The highest BCUT2D eigenvalue weighted by Crippen LogP contribution is 2.36. The number of methoxy groups -OCH3 is 1. The molecule has 9 heteroatoms. The van der Waals surface area contributed by atoms with Crippen molar-refractivity contribution in [3.05, 3.63) is 64.0 Å². The van der Waals surface area contributed by atoms with Crippen LogP contribution in [0.15, 0.2) is 42.5 Å². The van der Waals surface area contributed by atoms with Gasteiger partial charge in [0.2, 0.25) is 0 Å². The quantitative estimate of drug-likeness (QED) is 0.266. The van der Waals surface area contributed by atoms with Crippen molar-refractivity contribution in [3.63, 3.8) is 0 Å². The third kappa shape index (κ3) is 6.68. The highest BCUT2D eigenvalue weighted by atomic mass is 32.1. The van der Waals surface area contributed by atoms with Crippen LogP contribution in [0.4, 0.5) is 16.2 Å². The van der Waals surface area contributed by atoms with Gasteiger partial charge in [-0.2, -0.15) is 0 Å². The molecule has 0 aliphatic carbocycles. The minimum Gasteiger partial charge on any atom is -0.497 e. The van der Waals surface area contributed by atoms with E-state index in [0.29, 0.717) is 23.5 Å². The largest absolute Gasteiger partial charge is 0.497 e. The Morgan fingerprint density at radius 2 is 1.62 bits per heavy atom. The van der Waals surface area contributed by atoms with Gasteiger partial charge in [-0.05, 0) is 73.7 Å². The molecule has 37 heavy (non-hydrogen) atoms. The first-order valence-electron chi connectivity index (χ1n) is 12.0. The maximum Gasteiger partial charge on any atom is 0.326 e. The number of hydrogen-bond donors (Lipinski definition) is 4. The van der Waals surface area contributed by atoms with E-state index >= 15 is 0 Å². The highest BCUT2D eigenvalue weighted by Gasteiger charge is 2.28. The van der Waals surface area contributed by atoms with Crippen molar-refractivity contribution in [2.24, 2.45) is 5.92 Å². The Labute approximate surface area is 221 Å². The second kappa shape index (κ2) is 11.9. The van der Waals surface area contributed by atoms with Crippen LogP contribution in [0.3, 0.4) is 0 Å². The molecule has 0 fully saturated rings. The number of rotatable bonds is 9. The Balaban J connectivity index is 1.94. The topological polar surface area (TPSA) is 117 Å². The van der Waals surface area contributed by atoms with Crippen LogP contribution in [0.5, 0.6) is 5.75 Å². The Kier molecular flexibility index (Phi) is 8.94. The van der Waals surface area contributed by atoms with Crippen LogP contribution >= 0.6 is 11.3 Å². The van der Waals surface area contributed by atoms with E-state index in [4.69, 9.17) is 4.74 Å². The summed E-state index contributed by atoms with van der Waals surface area (Å²) in [4.78, 5) is 39.0. The van der Waals surface area contributed by atoms with E-state index in [-0.39, 0.29) is 10.8 Å². The number of urea groups is 1. The van der Waals surface area contributed by atoms with Crippen LogP contribution in [0.1, 0.15) is 46.6 Å². The molecule has 3 aromatic rings. The van der Waals surface area contributed by atoms with Crippen LogP contribution < -0.4 is 20.7 Å². The van der Waals surface area contributed by atoms with Gasteiger partial charge in [-0.1, -0.05) is 38.0 Å². The standard InChI is InChI=1S/C28H33N3O5S/c1-7-16(3)24(27(33)34)30-26(32)25-21(14-22(37-25)19-8-10-20(36-6)11-9-19)29-28(35)31-23-17(4)12-15(2)13-18(23)5/h8-14,16,24H,7H2,1-6H3,(H,30,32)(H,33,34)(H2,29,31,35)/t16-,24-/m0/s1. The Hall–Kier alpha value is -3.85. The van der Waals surface area contributed by atoms with Crippen LogP contribution in [0, 0.1) is 26.7 Å². The maximum absolute atomic E-state index is 13.3. The van der Waals surface area contributed by atoms with Crippen molar-refractivity contribution in [3.8, 4) is 16.2 Å². The number of benzene rings is 2. The summed E-state index contributed by atoms with van der Waals surface area (Å²) < 4.78 is 5.23. The molecule has 3 rings (SSSR count). The van der Waals surface area contributed by atoms with E-state index in [1.807, 2.05) is 52.0 Å². The predicted octanol–water partition coefficient (Wildman–Crippen LogP) is 6.22. The van der Waals surface area contributed by atoms with Gasteiger partial charge in [-0.15, -0.1) is 11.3 Å². The molecule has 0 saturated heterocycles. The molecule has 2 atom stereocenters. The van der Waals surface area contributed by atoms with Gasteiger partial charge in [0.1, 0.15) is 16.7 Å². The molecule has 4 N–H and O–H groups in total. The predicted molar refractivity (Wildman–Crippen MR) is 148 cm³/mol. The second-order valence-corrected chi connectivity index (χ2v) is 10.2. The maximum atomic E-state index is 13.3. The molecule has 0 radical (unpaired) electrons. The van der Waals surface area contributed by atoms with E-state index in [0.717, 1.165) is 27.1 Å². The number of carboxylic acid groups (broad SMARTS) is 1. The second-order valence-electron chi connectivity index (χ2n) is 9.11. The van der Waals surface area contributed by atoms with Gasteiger partial charge >= 0.3 is 12.0 Å². The monoisotopic (exact) mass is 523 g/mol. The lowest BCUT2D eigenvalue weighted by molar-refractivity contribution is -0.140. The lowest BCUT2D eigenvalue weighted by atomic mass is 9.99. The number of nitrogens with one attached hydrogen (secondary N) is 3. The fourth-order valence-electron chi connectivity index (χ4n) is 4.08. The van der Waals surface area contributed by atoms with Crippen LogP contribution in [0.25, 0.3) is 10.4 Å². The van der Waals surface area contributed by atoms with E-state index in [1.165, 1.54) is 11.3 Å². The number of aliphatic carboxylic acids is 1. The first-order chi connectivity index (χ1) is 17.5. The minimum atomic E-state index is -1.10. The van der Waals surface area contributed by atoms with Gasteiger partial charge in [0.15, 0.2) is 0 Å². The SMILES string of the molecule is CC[C@H](C)[C@H](NC(=O)c1sc(-c2ccc(OC)cc2)cc1NC(=O)Nc1c(C)cc(C)cc1C)C(=O)O. The summed E-state index contributed by atoms with van der Waals surface area (Å²) in [5.41, 5.74) is 4.76. The normalized spacial score (nSPS) is 12.4. The average molecular weight is 524 g/mol. The third-order valence-electron chi connectivity index (χ3n) is 6.24. The van der Waals surface area contributed by atoms with Crippen molar-refractivity contribution in [1.82, 2.24) is 5.32 Å². The molecule has 1 heterocycles. The number of carbonyl (C=O) groups excluding carboxylic acids is 2. The van der Waals surface area contributed by atoms with Crippen molar-refractivity contribution < 1.29 is 24.2 Å². The lowest BCUT2D eigenvalue weighted by Crippen LogP contribution is -2.45. The molecular weight excluding hydrogens is 490 g/mol. The summed E-state index contributed by atoms with van der Waals surface area (Å²) in [6, 6.07) is 11.5. The molecule has 0 unspecified atom stereocenters. The van der Waals surface area contributed by atoms with Crippen molar-refractivity contribution >= 4 is 40.6 Å². The van der Waals surface area contributed by atoms with Crippen LogP contribution in [0.2, 0.25) is 0 Å². The molecule has 0 saturated carbocycles. The first kappa shape index (κ1) is 27.7. The van der Waals surface area contributed by atoms with Gasteiger partial charge in [0.25, 0.3) is 5.91 Å². The number of thiophene rings is 1. The zero-order valence-electron chi connectivity index (χ0n) is 21.9. The molecular formula is C28H33N3O5S. The van der Waals surface area contributed by atoms with Gasteiger partial charge in [0, 0.05) is 10.6 Å². The zero-order chi connectivity index (χ0) is 27.3. The summed E-state index contributed by atoms with van der Waals surface area (Å²) in [5.74, 6) is -1.24. The summed E-state index contributed by atoms with van der Waals surface area (Å²) in [7, 11) is 1.58. The smallest absolute Gasteiger partial charge is 0.326 e. The molecule has 0 aliphatic heterocycles. The van der Waals surface area contributed by atoms with Gasteiger partial charge in [0.05, 0.1) is 12.8 Å². The van der Waals surface area contributed by atoms with Crippen LogP contribution in [-0.4, -0.2) is 36.2 Å². The number of anilines is 2. The number of aryl methyl sites for hydroxylation is 3. The van der Waals surface area contributed by atoms with Crippen molar-refractivity contribution in [1.29, 1.82) is 0 Å². The first-order valence-corrected chi connectivity index (χ1v) is 12.8. The molecule has 0 aliphatic rings. The molecule has 3 amide bonds. The third-order valence-corrected chi connectivity index (χ3v) is 7.43. The van der Waals surface area contributed by atoms with Gasteiger partial charge in [-0.25, -0.2) is 9.59 Å². The van der Waals surface area contributed by atoms with E-state index in [2.05, 4.69) is 16.0 Å². The van der Waals surface area contributed by atoms with E-state index < -0.39 is 23.9 Å². The van der Waals surface area contributed by atoms with E-state index in [9.17, 15) is 19.5 Å². The number of hydrogen-bond acceptors (Lipinski definition) is 5. The van der Waals surface area contributed by atoms with E-state index in [1.54, 1.807) is 32.2 Å². The number of ether oxygens (including phenoxy) is 1. The summed E-state index contributed by atoms with van der Waals surface area (Å²) in [5, 5.41) is 18.0. The molecule has 1 aromatic heterocycles. The average Bonchev–Trinajstić information content (AvgIpc) is 3.27. The van der Waals surface area contributed by atoms with Crippen LogP contribution in [-0.2, 0) is 4.79 Å². The fraction of sp³-hybridized carbons (Fsp3) is 0.321. The van der Waals surface area contributed by atoms with Crippen molar-refractivity contribution in [2.45, 2.75) is 47.1 Å². The van der Waals surface area contributed by atoms with Gasteiger partial charge < -0.3 is 25.8 Å². The Morgan fingerprint density at radius 3 is 2.16 bits per heavy atom. The Morgan fingerprint density at radius 1 is 1.00 bits per heavy atom. The summed E-state index contributed by atoms with van der Waals surface area (Å²) in [6.45, 7) is 9.47. The molecule has 2 aromatic carbocycles. The molecule has 0 bridgehead atoms. The number of amides is 3. The lowest BCUT2D eigenvalue weighted by Gasteiger charge is -2.20. The molecule has 0 spiro atoms. The number of carbonyl (C=O) groups is 3. The Bertz CT molecular complexity index is 1280. The molecule has 8 nitrogen and oxygen atoms in total. The summed E-state index contributed by atoms with van der Waals surface area (Å²) in [6.07, 6.45) is 0.585. The fourth-order valence-corrected chi connectivity index (χ4v) is 5.11. The number of carboxylic acids is 1. The molecule has 196 valence electrons. The highest BCUT2D eigenvalue weighted by molar-refractivity contribution is 7.18. The minimum absolute atomic E-state index is 0.216. The van der Waals surface area contributed by atoms with Gasteiger partial charge in [-0.3, -0.25) is 4.79 Å². The summed E-state index contributed by atoms with van der Waals surface area (Å²) >= 11 is 1.18.